The predicted octanol–water partition coefficient (Wildman–Crippen LogP) is 3.46. The summed E-state index contributed by atoms with van der Waals surface area (Å²) in [5.74, 6) is 0.670. The van der Waals surface area contributed by atoms with Gasteiger partial charge in [0.1, 0.15) is 11.9 Å². The number of anilines is 1. The van der Waals surface area contributed by atoms with E-state index in [1.165, 1.54) is 12.8 Å². The van der Waals surface area contributed by atoms with Crippen LogP contribution in [0.4, 0.5) is 10.5 Å². The fraction of sp³-hybridized carbons (Fsp3) is 0.682. The Labute approximate surface area is 175 Å². The summed E-state index contributed by atoms with van der Waals surface area (Å²) in [4.78, 5) is 17.1. The number of unbranched alkanes of at least 4 members (excludes halogenated alkanes) is 3. The van der Waals surface area contributed by atoms with Crippen molar-refractivity contribution in [3.05, 3.63) is 24.3 Å². The molecule has 2 rings (SSSR count). The molecule has 1 amide bonds. The SMILES string of the molecule is CCCCCCOc1ccccc1NC(=O)O[C@H](COC)CN1CCN(C)CC1. The van der Waals surface area contributed by atoms with Gasteiger partial charge in [0.15, 0.2) is 0 Å². The van der Waals surface area contributed by atoms with Gasteiger partial charge in [0.2, 0.25) is 0 Å². The van der Waals surface area contributed by atoms with Crippen LogP contribution in [0, 0.1) is 0 Å². The fourth-order valence-corrected chi connectivity index (χ4v) is 3.33. The number of benzene rings is 1. The Morgan fingerprint density at radius 3 is 2.62 bits per heavy atom. The number of para-hydroxylation sites is 2. The zero-order valence-electron chi connectivity index (χ0n) is 18.2. The summed E-state index contributed by atoms with van der Waals surface area (Å²) in [6.45, 7) is 7.85. The van der Waals surface area contributed by atoms with Gasteiger partial charge in [-0.15, -0.1) is 0 Å². The number of hydrogen-bond donors (Lipinski definition) is 1. The Morgan fingerprint density at radius 2 is 1.90 bits per heavy atom. The molecule has 0 spiro atoms. The zero-order valence-corrected chi connectivity index (χ0v) is 18.2. The van der Waals surface area contributed by atoms with E-state index in [2.05, 4.69) is 29.1 Å². The summed E-state index contributed by atoms with van der Waals surface area (Å²) >= 11 is 0. The van der Waals surface area contributed by atoms with Crippen LogP contribution in [0.2, 0.25) is 0 Å². The Bertz CT molecular complexity index is 591. The first-order valence-corrected chi connectivity index (χ1v) is 10.7. The van der Waals surface area contributed by atoms with Crippen molar-refractivity contribution in [1.82, 2.24) is 9.80 Å². The molecule has 164 valence electrons. The first-order chi connectivity index (χ1) is 14.1. The largest absolute Gasteiger partial charge is 0.491 e. The van der Waals surface area contributed by atoms with Crippen LogP contribution in [0.5, 0.6) is 5.75 Å². The molecule has 0 aliphatic carbocycles. The molecular formula is C22H37N3O4. The second-order valence-corrected chi connectivity index (χ2v) is 7.62. The lowest BCUT2D eigenvalue weighted by atomic mass is 10.2. The van der Waals surface area contributed by atoms with Crippen molar-refractivity contribution in [3.63, 3.8) is 0 Å². The zero-order chi connectivity index (χ0) is 20.9. The van der Waals surface area contributed by atoms with Crippen LogP contribution in [0.3, 0.4) is 0 Å². The molecule has 1 N–H and O–H groups in total. The third-order valence-electron chi connectivity index (χ3n) is 5.06. The highest BCUT2D eigenvalue weighted by Gasteiger charge is 2.22. The maximum atomic E-state index is 12.5. The smallest absolute Gasteiger partial charge is 0.412 e. The van der Waals surface area contributed by atoms with Crippen LogP contribution in [0.15, 0.2) is 24.3 Å². The monoisotopic (exact) mass is 407 g/mol. The van der Waals surface area contributed by atoms with E-state index in [-0.39, 0.29) is 6.10 Å². The molecule has 1 aromatic carbocycles. The van der Waals surface area contributed by atoms with E-state index in [4.69, 9.17) is 14.2 Å². The van der Waals surface area contributed by atoms with Crippen molar-refractivity contribution in [2.24, 2.45) is 0 Å². The van der Waals surface area contributed by atoms with Crippen LogP contribution in [0.1, 0.15) is 32.6 Å². The predicted molar refractivity (Wildman–Crippen MR) is 116 cm³/mol. The molecule has 0 radical (unpaired) electrons. The average molecular weight is 408 g/mol. The molecule has 0 unspecified atom stereocenters. The minimum atomic E-state index is -0.483. The second-order valence-electron chi connectivity index (χ2n) is 7.62. The number of piperazine rings is 1. The van der Waals surface area contributed by atoms with Crippen LogP contribution >= 0.6 is 0 Å². The fourth-order valence-electron chi connectivity index (χ4n) is 3.33. The molecule has 1 aromatic rings. The number of nitrogens with zero attached hydrogens (tertiary/aromatic N) is 2. The van der Waals surface area contributed by atoms with Gasteiger partial charge in [0.25, 0.3) is 0 Å². The highest BCUT2D eigenvalue weighted by Crippen LogP contribution is 2.24. The Balaban J connectivity index is 1.84. The summed E-state index contributed by atoms with van der Waals surface area (Å²) in [6.07, 6.45) is 3.77. The number of likely N-dealkylation sites (N-methyl/N-ethyl adjacent to an activating group) is 1. The number of amides is 1. The van der Waals surface area contributed by atoms with Gasteiger partial charge in [-0.25, -0.2) is 4.79 Å². The van der Waals surface area contributed by atoms with Crippen molar-refractivity contribution in [2.45, 2.75) is 38.7 Å². The highest BCUT2D eigenvalue weighted by atomic mass is 16.6. The van der Waals surface area contributed by atoms with Crippen LogP contribution in [-0.2, 0) is 9.47 Å². The number of carbonyl (C=O) groups is 1. The summed E-state index contributed by atoms with van der Waals surface area (Å²) in [5.41, 5.74) is 0.628. The second kappa shape index (κ2) is 13.4. The Kier molecular flexibility index (Phi) is 10.8. The van der Waals surface area contributed by atoms with Gasteiger partial charge in [-0.1, -0.05) is 38.3 Å². The van der Waals surface area contributed by atoms with Crippen molar-refractivity contribution in [1.29, 1.82) is 0 Å². The van der Waals surface area contributed by atoms with Gasteiger partial charge in [0.05, 0.1) is 18.9 Å². The van der Waals surface area contributed by atoms with E-state index in [0.29, 0.717) is 31.2 Å². The van der Waals surface area contributed by atoms with E-state index in [1.807, 2.05) is 24.3 Å². The van der Waals surface area contributed by atoms with E-state index in [1.54, 1.807) is 7.11 Å². The van der Waals surface area contributed by atoms with E-state index in [0.717, 1.165) is 39.0 Å². The maximum Gasteiger partial charge on any atom is 0.412 e. The number of nitrogens with one attached hydrogen (secondary N) is 1. The van der Waals surface area contributed by atoms with Gasteiger partial charge in [-0.3, -0.25) is 10.2 Å². The Morgan fingerprint density at radius 1 is 1.14 bits per heavy atom. The number of ether oxygens (including phenoxy) is 3. The van der Waals surface area contributed by atoms with Crippen molar-refractivity contribution in [3.8, 4) is 5.75 Å². The molecule has 1 aliphatic heterocycles. The third-order valence-corrected chi connectivity index (χ3v) is 5.06. The molecule has 29 heavy (non-hydrogen) atoms. The molecule has 0 aromatic heterocycles. The maximum absolute atomic E-state index is 12.5. The molecular weight excluding hydrogens is 370 g/mol. The molecule has 1 heterocycles. The molecule has 1 aliphatic rings. The molecule has 7 heteroatoms. The van der Waals surface area contributed by atoms with Crippen LogP contribution in [-0.4, -0.2) is 82.1 Å². The number of methoxy groups -OCH3 is 1. The van der Waals surface area contributed by atoms with Crippen molar-refractivity contribution >= 4 is 11.8 Å². The minimum absolute atomic E-state index is 0.314. The molecule has 0 saturated carbocycles. The lowest BCUT2D eigenvalue weighted by molar-refractivity contribution is 0.0157. The number of carbonyl (C=O) groups excluding carboxylic acids is 1. The Hall–Kier alpha value is -1.83. The summed E-state index contributed by atoms with van der Waals surface area (Å²) in [6, 6.07) is 7.47. The highest BCUT2D eigenvalue weighted by molar-refractivity contribution is 5.86. The van der Waals surface area contributed by atoms with Crippen molar-refractivity contribution in [2.75, 3.05) is 65.4 Å². The van der Waals surface area contributed by atoms with Crippen molar-refractivity contribution < 1.29 is 19.0 Å². The molecule has 7 nitrogen and oxygen atoms in total. The topological polar surface area (TPSA) is 63.3 Å². The third kappa shape index (κ3) is 9.02. The standard InChI is InChI=1S/C22H37N3O4/c1-4-5-6-9-16-28-21-11-8-7-10-20(21)23-22(26)29-19(18-27-3)17-25-14-12-24(2)13-15-25/h7-8,10-11,19H,4-6,9,12-18H2,1-3H3,(H,23,26)/t19-/m0/s1. The lowest BCUT2D eigenvalue weighted by Crippen LogP contribution is -2.48. The normalized spacial score (nSPS) is 16.4. The minimum Gasteiger partial charge on any atom is -0.491 e. The molecule has 1 atom stereocenters. The number of hydrogen-bond acceptors (Lipinski definition) is 6. The van der Waals surface area contributed by atoms with E-state index < -0.39 is 6.09 Å². The molecule has 1 saturated heterocycles. The van der Waals surface area contributed by atoms with Crippen LogP contribution in [0.25, 0.3) is 0 Å². The summed E-state index contributed by atoms with van der Waals surface area (Å²) in [5, 5.41) is 2.83. The van der Waals surface area contributed by atoms with E-state index in [9.17, 15) is 4.79 Å². The van der Waals surface area contributed by atoms with E-state index >= 15 is 0 Å². The first-order valence-electron chi connectivity index (χ1n) is 10.7. The molecule has 1 fully saturated rings. The first kappa shape index (κ1) is 23.4. The summed E-state index contributed by atoms with van der Waals surface area (Å²) < 4.78 is 16.8. The van der Waals surface area contributed by atoms with Gasteiger partial charge in [-0.2, -0.15) is 0 Å². The summed E-state index contributed by atoms with van der Waals surface area (Å²) in [7, 11) is 3.75. The average Bonchev–Trinajstić information content (AvgIpc) is 2.71. The molecule has 0 bridgehead atoms. The van der Waals surface area contributed by atoms with Crippen LogP contribution < -0.4 is 10.1 Å². The van der Waals surface area contributed by atoms with Gasteiger partial charge in [-0.05, 0) is 25.6 Å². The number of rotatable bonds is 12. The van der Waals surface area contributed by atoms with Gasteiger partial charge >= 0.3 is 6.09 Å². The quantitative estimate of drug-likeness (QED) is 0.536. The van der Waals surface area contributed by atoms with Gasteiger partial charge in [0, 0.05) is 39.8 Å². The lowest BCUT2D eigenvalue weighted by Gasteiger charge is -2.34. The van der Waals surface area contributed by atoms with Gasteiger partial charge < -0.3 is 19.1 Å².